The number of nitriles is 1. The average molecular weight is 457 g/mol. The second-order valence-corrected chi connectivity index (χ2v) is 9.57. The lowest BCUT2D eigenvalue weighted by Crippen LogP contribution is -2.44. The predicted molar refractivity (Wildman–Crippen MR) is 138 cm³/mol. The number of nitrogens with zero attached hydrogens (tertiary/aromatic N) is 3. The van der Waals surface area contributed by atoms with E-state index < -0.39 is 0 Å². The number of nitrogens with one attached hydrogen (secondary N) is 1. The number of carbonyl (C=O) groups excluding carboxylic acids is 1. The maximum atomic E-state index is 13.0. The summed E-state index contributed by atoms with van der Waals surface area (Å²) in [6.45, 7) is 9.70. The summed E-state index contributed by atoms with van der Waals surface area (Å²) in [6, 6.07) is 15.1. The molecule has 0 aromatic heterocycles. The molecule has 1 saturated heterocycles. The van der Waals surface area contributed by atoms with Gasteiger partial charge >= 0.3 is 0 Å². The smallest absolute Gasteiger partial charge is 0.263 e. The minimum Gasteiger partial charge on any atom is -0.373 e. The van der Waals surface area contributed by atoms with Crippen molar-refractivity contribution >= 4 is 11.6 Å². The summed E-state index contributed by atoms with van der Waals surface area (Å²) in [7, 11) is 0. The van der Waals surface area contributed by atoms with E-state index in [0.717, 1.165) is 51.0 Å². The van der Waals surface area contributed by atoms with Gasteiger partial charge in [0.1, 0.15) is 11.6 Å². The molecule has 178 valence electrons. The van der Waals surface area contributed by atoms with Gasteiger partial charge in [0, 0.05) is 38.1 Å². The second kappa shape index (κ2) is 10.8. The van der Waals surface area contributed by atoms with E-state index in [4.69, 9.17) is 0 Å². The van der Waals surface area contributed by atoms with Gasteiger partial charge in [0.25, 0.3) is 5.91 Å². The summed E-state index contributed by atoms with van der Waals surface area (Å²) in [5, 5.41) is 12.8. The van der Waals surface area contributed by atoms with E-state index in [1.807, 2.05) is 0 Å². The molecule has 5 nitrogen and oxygen atoms in total. The molecule has 0 spiro atoms. The number of aryl methyl sites for hydroxylation is 3. The van der Waals surface area contributed by atoms with Crippen molar-refractivity contribution in [2.24, 2.45) is 0 Å². The fraction of sp³-hybridized carbons (Fsp3) is 0.448. The molecule has 2 aromatic rings. The molecule has 2 aromatic carbocycles. The average Bonchev–Trinajstić information content (AvgIpc) is 2.87. The Bertz CT molecular complexity index is 1110. The summed E-state index contributed by atoms with van der Waals surface area (Å²) in [4.78, 5) is 17.5. The molecule has 0 radical (unpaired) electrons. The first kappa shape index (κ1) is 23.9. The summed E-state index contributed by atoms with van der Waals surface area (Å²) in [5.41, 5.74) is 8.05. The molecule has 1 aliphatic heterocycles. The number of anilines is 1. The number of hydrogen-bond donors (Lipinski definition) is 1. The zero-order chi connectivity index (χ0) is 24.1. The van der Waals surface area contributed by atoms with Crippen LogP contribution >= 0.6 is 0 Å². The molecule has 5 heteroatoms. The van der Waals surface area contributed by atoms with Crippen molar-refractivity contribution in [2.45, 2.75) is 58.9 Å². The second-order valence-electron chi connectivity index (χ2n) is 9.57. The van der Waals surface area contributed by atoms with Crippen molar-refractivity contribution in [1.82, 2.24) is 10.2 Å². The fourth-order valence-corrected chi connectivity index (χ4v) is 5.12. The molecule has 0 saturated carbocycles. The minimum absolute atomic E-state index is 0.0855. The molecule has 4 rings (SSSR count). The largest absolute Gasteiger partial charge is 0.373 e. The van der Waals surface area contributed by atoms with E-state index in [9.17, 15) is 10.1 Å². The molecular formula is C29H36N4O. The Balaban J connectivity index is 1.40. The number of hydrogen-bond acceptors (Lipinski definition) is 4. The molecule has 34 heavy (non-hydrogen) atoms. The number of benzene rings is 2. The number of piperazine rings is 1. The van der Waals surface area contributed by atoms with Crippen LogP contribution in [0.1, 0.15) is 60.0 Å². The fourth-order valence-electron chi connectivity index (χ4n) is 5.12. The van der Waals surface area contributed by atoms with E-state index in [2.05, 4.69) is 78.4 Å². The first-order valence-electron chi connectivity index (χ1n) is 12.6. The summed E-state index contributed by atoms with van der Waals surface area (Å²) in [6.07, 6.45) is 7.29. The standard InChI is InChI=1S/C29H36N4O/c1-4-27(25-13-12-23-9-5-6-10-24(23)18-25)31-29(34)26(19-30)20-32-14-16-33(17-15-32)28-11-7-8-21(2)22(28)3/h7-8,11-13,18,20,27H,4-6,9-10,14-17H2,1-3H3,(H,31,34)/b26-20-. The Morgan fingerprint density at radius 1 is 1.09 bits per heavy atom. The van der Waals surface area contributed by atoms with Crippen LogP contribution in [0.2, 0.25) is 0 Å². The van der Waals surface area contributed by atoms with Crippen LogP contribution < -0.4 is 10.2 Å². The summed E-state index contributed by atoms with van der Waals surface area (Å²) in [5.74, 6) is -0.288. The Labute approximate surface area is 204 Å². The quantitative estimate of drug-likeness (QED) is 0.492. The molecule has 1 amide bonds. The Morgan fingerprint density at radius 3 is 2.53 bits per heavy atom. The molecule has 1 unspecified atom stereocenters. The summed E-state index contributed by atoms with van der Waals surface area (Å²) >= 11 is 0. The third-order valence-corrected chi connectivity index (χ3v) is 7.40. The van der Waals surface area contributed by atoms with Gasteiger partial charge < -0.3 is 15.1 Å². The first-order valence-corrected chi connectivity index (χ1v) is 12.6. The van der Waals surface area contributed by atoms with Gasteiger partial charge in [0.05, 0.1) is 6.04 Å². The van der Waals surface area contributed by atoms with Crippen molar-refractivity contribution < 1.29 is 4.79 Å². The molecule has 1 N–H and O–H groups in total. The Kier molecular flexibility index (Phi) is 7.57. The molecule has 1 aliphatic carbocycles. The molecule has 1 heterocycles. The predicted octanol–water partition coefficient (Wildman–Crippen LogP) is 4.98. The van der Waals surface area contributed by atoms with Crippen LogP contribution in [0, 0.1) is 25.2 Å². The van der Waals surface area contributed by atoms with Gasteiger partial charge in [0.2, 0.25) is 0 Å². The highest BCUT2D eigenvalue weighted by Crippen LogP contribution is 2.27. The lowest BCUT2D eigenvalue weighted by Gasteiger charge is -2.36. The van der Waals surface area contributed by atoms with Gasteiger partial charge in [-0.3, -0.25) is 4.79 Å². The number of fused-ring (bicyclic) bond motifs is 1. The lowest BCUT2D eigenvalue weighted by molar-refractivity contribution is -0.117. The van der Waals surface area contributed by atoms with Crippen molar-refractivity contribution in [1.29, 1.82) is 5.26 Å². The van der Waals surface area contributed by atoms with Gasteiger partial charge in [-0.1, -0.05) is 37.3 Å². The monoisotopic (exact) mass is 456 g/mol. The van der Waals surface area contributed by atoms with Crippen molar-refractivity contribution in [3.05, 3.63) is 76.0 Å². The van der Waals surface area contributed by atoms with E-state index in [1.165, 1.54) is 40.8 Å². The van der Waals surface area contributed by atoms with Crippen molar-refractivity contribution in [3.63, 3.8) is 0 Å². The highest BCUT2D eigenvalue weighted by molar-refractivity contribution is 5.97. The molecule has 2 aliphatic rings. The van der Waals surface area contributed by atoms with Crippen LogP contribution in [-0.4, -0.2) is 37.0 Å². The highest BCUT2D eigenvalue weighted by atomic mass is 16.1. The highest BCUT2D eigenvalue weighted by Gasteiger charge is 2.21. The Hall–Kier alpha value is -3.26. The van der Waals surface area contributed by atoms with Gasteiger partial charge in [-0.15, -0.1) is 0 Å². The van der Waals surface area contributed by atoms with Crippen LogP contribution in [0.4, 0.5) is 5.69 Å². The summed E-state index contributed by atoms with van der Waals surface area (Å²) < 4.78 is 0. The first-order chi connectivity index (χ1) is 16.5. The lowest BCUT2D eigenvalue weighted by atomic mass is 9.88. The van der Waals surface area contributed by atoms with Gasteiger partial charge in [-0.25, -0.2) is 0 Å². The number of rotatable bonds is 6. The van der Waals surface area contributed by atoms with E-state index in [-0.39, 0.29) is 17.5 Å². The minimum atomic E-state index is -0.288. The molecule has 1 atom stereocenters. The normalized spacial score (nSPS) is 17.1. The maximum Gasteiger partial charge on any atom is 0.263 e. The van der Waals surface area contributed by atoms with E-state index in [1.54, 1.807) is 6.20 Å². The Morgan fingerprint density at radius 2 is 1.82 bits per heavy atom. The van der Waals surface area contributed by atoms with E-state index in [0.29, 0.717) is 0 Å². The number of carbonyl (C=O) groups is 1. The third kappa shape index (κ3) is 5.28. The molecule has 0 bridgehead atoms. The topological polar surface area (TPSA) is 59.4 Å². The van der Waals surface area contributed by atoms with Gasteiger partial charge in [-0.2, -0.15) is 5.26 Å². The van der Waals surface area contributed by atoms with Crippen LogP contribution in [0.5, 0.6) is 0 Å². The van der Waals surface area contributed by atoms with Crippen LogP contribution in [0.25, 0.3) is 0 Å². The van der Waals surface area contributed by atoms with Crippen molar-refractivity contribution in [2.75, 3.05) is 31.1 Å². The molecule has 1 fully saturated rings. The van der Waals surface area contributed by atoms with Crippen LogP contribution in [0.15, 0.2) is 48.2 Å². The van der Waals surface area contributed by atoms with Crippen LogP contribution in [0.3, 0.4) is 0 Å². The zero-order valence-corrected chi connectivity index (χ0v) is 20.7. The van der Waals surface area contributed by atoms with E-state index >= 15 is 0 Å². The SMILES string of the molecule is CCC(NC(=O)/C(C#N)=C\N1CCN(c2cccc(C)c2C)CC1)c1ccc2c(c1)CCCC2. The molecular weight excluding hydrogens is 420 g/mol. The van der Waals surface area contributed by atoms with Gasteiger partial charge in [-0.05, 0) is 79.8 Å². The van der Waals surface area contributed by atoms with Crippen molar-refractivity contribution in [3.8, 4) is 6.07 Å². The maximum absolute atomic E-state index is 13.0. The van der Waals surface area contributed by atoms with Crippen LogP contribution in [-0.2, 0) is 17.6 Å². The third-order valence-electron chi connectivity index (χ3n) is 7.40. The number of amides is 1. The zero-order valence-electron chi connectivity index (χ0n) is 20.7. The van der Waals surface area contributed by atoms with Gasteiger partial charge in [0.15, 0.2) is 0 Å².